The highest BCUT2D eigenvalue weighted by atomic mass is 79.9. The second-order valence-corrected chi connectivity index (χ2v) is 12.5. The Morgan fingerprint density at radius 3 is 2.44 bits per heavy atom. The summed E-state index contributed by atoms with van der Waals surface area (Å²) in [6, 6.07) is 12.0. The van der Waals surface area contributed by atoms with Crippen LogP contribution >= 0.6 is 27.5 Å². The number of hydrogen-bond donors (Lipinski definition) is 1. The minimum Gasteiger partial charge on any atom is -0.493 e. The third-order valence-corrected chi connectivity index (χ3v) is 8.87. The van der Waals surface area contributed by atoms with Crippen LogP contribution < -0.4 is 14.8 Å². The van der Waals surface area contributed by atoms with E-state index in [4.69, 9.17) is 21.1 Å². The lowest BCUT2D eigenvalue weighted by atomic mass is 9.43. The van der Waals surface area contributed by atoms with E-state index in [0.717, 1.165) is 28.2 Å². The Kier molecular flexibility index (Phi) is 5.79. The fourth-order valence-corrected chi connectivity index (χ4v) is 8.51. The number of rotatable bonds is 7. The van der Waals surface area contributed by atoms with Gasteiger partial charge in [-0.1, -0.05) is 43.6 Å². The van der Waals surface area contributed by atoms with E-state index in [-0.39, 0.29) is 5.54 Å². The molecule has 0 aliphatic heterocycles. The molecule has 3 nitrogen and oxygen atoms in total. The molecule has 6 rings (SSSR count). The van der Waals surface area contributed by atoms with Crippen molar-refractivity contribution in [3.8, 4) is 11.5 Å². The van der Waals surface area contributed by atoms with Crippen LogP contribution in [0.2, 0.25) is 5.02 Å². The molecule has 2 aromatic carbocycles. The quantitative estimate of drug-likeness (QED) is 0.411. The zero-order valence-electron chi connectivity index (χ0n) is 19.3. The van der Waals surface area contributed by atoms with Crippen molar-refractivity contribution < 1.29 is 9.47 Å². The van der Waals surface area contributed by atoms with E-state index in [1.165, 1.54) is 44.1 Å². The van der Waals surface area contributed by atoms with Crippen molar-refractivity contribution in [2.24, 2.45) is 16.7 Å². The minimum absolute atomic E-state index is 0.280. The van der Waals surface area contributed by atoms with Gasteiger partial charge in [0, 0.05) is 22.7 Å². The monoisotopic (exact) mass is 517 g/mol. The van der Waals surface area contributed by atoms with Crippen LogP contribution in [0, 0.1) is 16.7 Å². The first-order chi connectivity index (χ1) is 15.2. The predicted octanol–water partition coefficient (Wildman–Crippen LogP) is 7.53. The van der Waals surface area contributed by atoms with Crippen molar-refractivity contribution in [2.75, 3.05) is 7.11 Å². The molecule has 0 saturated heterocycles. The lowest BCUT2D eigenvalue weighted by molar-refractivity contribution is -0.118. The lowest BCUT2D eigenvalue weighted by Gasteiger charge is -2.65. The SMILES string of the molecule is COc1cc(CNC23CC4C[C@@](C)(C2)C[C@](C)(C4)C3)cc(Br)c1OCc1ccccc1Cl. The highest BCUT2D eigenvalue weighted by Crippen LogP contribution is 2.66. The molecule has 4 aliphatic carbocycles. The Hall–Kier alpha value is -1.23. The zero-order valence-corrected chi connectivity index (χ0v) is 21.6. The third-order valence-electron chi connectivity index (χ3n) is 7.91. The van der Waals surface area contributed by atoms with Crippen molar-refractivity contribution in [3.05, 3.63) is 57.0 Å². The Labute approximate surface area is 205 Å². The van der Waals surface area contributed by atoms with Gasteiger partial charge in [0.15, 0.2) is 11.5 Å². The van der Waals surface area contributed by atoms with E-state index in [1.807, 2.05) is 24.3 Å². The number of hydrogen-bond acceptors (Lipinski definition) is 3. The molecule has 2 aromatic rings. The molecule has 4 fully saturated rings. The maximum Gasteiger partial charge on any atom is 0.175 e. The normalized spacial score (nSPS) is 32.8. The van der Waals surface area contributed by atoms with E-state index in [1.54, 1.807) is 7.11 Å². The van der Waals surface area contributed by atoms with Crippen LogP contribution in [-0.2, 0) is 13.2 Å². The zero-order chi connectivity index (χ0) is 22.6. The van der Waals surface area contributed by atoms with Crippen molar-refractivity contribution in [2.45, 2.75) is 71.1 Å². The molecule has 4 aliphatic rings. The highest BCUT2D eigenvalue weighted by molar-refractivity contribution is 9.10. The van der Waals surface area contributed by atoms with Crippen molar-refractivity contribution in [1.82, 2.24) is 5.32 Å². The number of ether oxygens (including phenoxy) is 2. The summed E-state index contributed by atoms with van der Waals surface area (Å²) in [5.74, 6) is 2.34. The van der Waals surface area contributed by atoms with Gasteiger partial charge < -0.3 is 14.8 Å². The van der Waals surface area contributed by atoms with Gasteiger partial charge in [-0.3, -0.25) is 0 Å². The average molecular weight is 519 g/mol. The molecule has 2 unspecified atom stereocenters. The van der Waals surface area contributed by atoms with Gasteiger partial charge in [0.25, 0.3) is 0 Å². The van der Waals surface area contributed by atoms with Crippen molar-refractivity contribution in [3.63, 3.8) is 0 Å². The summed E-state index contributed by atoms with van der Waals surface area (Å²) in [5, 5.41) is 4.73. The molecule has 4 bridgehead atoms. The Morgan fingerprint density at radius 1 is 1.06 bits per heavy atom. The first-order valence-electron chi connectivity index (χ1n) is 11.7. The molecule has 172 valence electrons. The van der Waals surface area contributed by atoms with Crippen LogP contribution in [0.3, 0.4) is 0 Å². The molecule has 0 aromatic heterocycles. The maximum atomic E-state index is 6.29. The molecule has 4 atom stereocenters. The van der Waals surface area contributed by atoms with Crippen LogP contribution in [0.1, 0.15) is 63.5 Å². The van der Waals surface area contributed by atoms with Gasteiger partial charge in [-0.25, -0.2) is 0 Å². The maximum absolute atomic E-state index is 6.29. The highest BCUT2D eigenvalue weighted by Gasteiger charge is 2.59. The summed E-state index contributed by atoms with van der Waals surface area (Å²) >= 11 is 10.0. The van der Waals surface area contributed by atoms with Gasteiger partial charge in [0.2, 0.25) is 0 Å². The van der Waals surface area contributed by atoms with Crippen LogP contribution in [0.15, 0.2) is 40.9 Å². The molecule has 32 heavy (non-hydrogen) atoms. The Morgan fingerprint density at radius 2 is 1.78 bits per heavy atom. The van der Waals surface area contributed by atoms with Gasteiger partial charge in [0.1, 0.15) is 6.61 Å². The van der Waals surface area contributed by atoms with Gasteiger partial charge in [-0.15, -0.1) is 0 Å². The van der Waals surface area contributed by atoms with Crippen LogP contribution in [-0.4, -0.2) is 12.6 Å². The van der Waals surface area contributed by atoms with E-state index in [9.17, 15) is 0 Å². The van der Waals surface area contributed by atoms with Crippen LogP contribution in [0.4, 0.5) is 0 Å². The van der Waals surface area contributed by atoms with Gasteiger partial charge >= 0.3 is 0 Å². The van der Waals surface area contributed by atoms with Gasteiger partial charge in [0.05, 0.1) is 11.6 Å². The second-order valence-electron chi connectivity index (χ2n) is 11.3. The first kappa shape index (κ1) is 22.6. The second kappa shape index (κ2) is 8.21. The standard InChI is InChI=1S/C27H33BrClNO2/c1-25-10-19-11-26(2,15-25)17-27(12-19,16-25)30-13-18-8-21(28)24(23(9-18)31-3)32-14-20-6-4-5-7-22(20)29/h4-9,19,30H,10-17H2,1-3H3/t19?,25-,26+,27?. The summed E-state index contributed by atoms with van der Waals surface area (Å²) in [6.07, 6.45) is 8.19. The molecular weight excluding hydrogens is 486 g/mol. The number of benzene rings is 2. The Bertz CT molecular complexity index is 1010. The molecule has 0 amide bonds. The molecule has 0 heterocycles. The van der Waals surface area contributed by atoms with Gasteiger partial charge in [-0.2, -0.15) is 0 Å². The number of nitrogens with one attached hydrogen (secondary N) is 1. The molecule has 1 N–H and O–H groups in total. The smallest absolute Gasteiger partial charge is 0.175 e. The minimum atomic E-state index is 0.280. The molecular formula is C27H33BrClNO2. The van der Waals surface area contributed by atoms with E-state index in [2.05, 4.69) is 47.2 Å². The van der Waals surface area contributed by atoms with Crippen molar-refractivity contribution in [1.29, 1.82) is 0 Å². The molecule has 0 radical (unpaired) electrons. The summed E-state index contributed by atoms with van der Waals surface area (Å²) in [7, 11) is 1.70. The summed E-state index contributed by atoms with van der Waals surface area (Å²) in [4.78, 5) is 0. The third kappa shape index (κ3) is 4.31. The largest absolute Gasteiger partial charge is 0.493 e. The van der Waals surface area contributed by atoms with E-state index >= 15 is 0 Å². The average Bonchev–Trinajstić information content (AvgIpc) is 2.69. The molecule has 5 heteroatoms. The lowest BCUT2D eigenvalue weighted by Crippen LogP contribution is -2.63. The summed E-state index contributed by atoms with van der Waals surface area (Å²) in [5.41, 5.74) is 3.47. The Balaban J connectivity index is 1.31. The van der Waals surface area contributed by atoms with Gasteiger partial charge in [-0.05, 0) is 95.0 Å². The first-order valence-corrected chi connectivity index (χ1v) is 12.9. The number of methoxy groups -OCH3 is 1. The fourth-order valence-electron chi connectivity index (χ4n) is 7.72. The van der Waals surface area contributed by atoms with E-state index in [0.29, 0.717) is 28.2 Å². The fraction of sp³-hybridized carbons (Fsp3) is 0.556. The molecule has 0 spiro atoms. The van der Waals surface area contributed by atoms with Crippen LogP contribution in [0.5, 0.6) is 11.5 Å². The topological polar surface area (TPSA) is 30.5 Å². The predicted molar refractivity (Wildman–Crippen MR) is 133 cm³/mol. The number of halogens is 2. The van der Waals surface area contributed by atoms with Crippen molar-refractivity contribution >= 4 is 27.5 Å². The summed E-state index contributed by atoms with van der Waals surface area (Å²) in [6.45, 7) is 6.29. The summed E-state index contributed by atoms with van der Waals surface area (Å²) < 4.78 is 12.7. The van der Waals surface area contributed by atoms with E-state index < -0.39 is 0 Å². The van der Waals surface area contributed by atoms with Crippen LogP contribution in [0.25, 0.3) is 0 Å². The molecule has 4 saturated carbocycles.